The van der Waals surface area contributed by atoms with E-state index in [2.05, 4.69) is 15.0 Å². The van der Waals surface area contributed by atoms with Gasteiger partial charge >= 0.3 is 12.2 Å². The van der Waals surface area contributed by atoms with Gasteiger partial charge in [-0.3, -0.25) is 14.1 Å². The maximum Gasteiger partial charge on any atom is 0.416 e. The first-order valence-corrected chi connectivity index (χ1v) is 10.9. The van der Waals surface area contributed by atoms with E-state index in [1.165, 1.54) is 17.7 Å². The summed E-state index contributed by atoms with van der Waals surface area (Å²) in [6, 6.07) is 12.1. The van der Waals surface area contributed by atoms with Crippen molar-refractivity contribution in [3.63, 3.8) is 0 Å². The van der Waals surface area contributed by atoms with E-state index in [9.17, 15) is 22.8 Å². The summed E-state index contributed by atoms with van der Waals surface area (Å²) in [5, 5.41) is 2.49. The van der Waals surface area contributed by atoms with Crippen molar-refractivity contribution in [2.24, 2.45) is 0 Å². The quantitative estimate of drug-likeness (QED) is 0.342. The number of hydrogen-bond acceptors (Lipinski definition) is 5. The summed E-state index contributed by atoms with van der Waals surface area (Å²) >= 11 is 8.28. The topological polar surface area (TPSA) is 76.0 Å². The van der Waals surface area contributed by atoms with Crippen LogP contribution in [-0.4, -0.2) is 15.6 Å². The van der Waals surface area contributed by atoms with Gasteiger partial charge in [0.15, 0.2) is 0 Å². The molecular weight excluding hydrogens is 485 g/mol. The van der Waals surface area contributed by atoms with Crippen molar-refractivity contribution in [3.05, 3.63) is 81.2 Å². The molecule has 0 unspecified atom stereocenters. The monoisotopic (exact) mass is 496 g/mol. The van der Waals surface area contributed by atoms with Crippen LogP contribution < -0.4 is 15.6 Å². The number of rotatable bonds is 4. The largest absolute Gasteiger partial charge is 0.416 e. The fourth-order valence-corrected chi connectivity index (χ4v) is 4.65. The molecule has 2 aromatic carbocycles. The number of urea groups is 1. The minimum Gasteiger partial charge on any atom is -0.307 e. The van der Waals surface area contributed by atoms with Crippen LogP contribution in [0.1, 0.15) is 5.56 Å². The van der Waals surface area contributed by atoms with E-state index in [0.29, 0.717) is 15.7 Å². The lowest BCUT2D eigenvalue weighted by molar-refractivity contribution is -0.137. The molecule has 0 bridgehead atoms. The maximum atomic E-state index is 13.0. The Morgan fingerprint density at radius 1 is 1.09 bits per heavy atom. The zero-order valence-electron chi connectivity index (χ0n) is 15.8. The summed E-state index contributed by atoms with van der Waals surface area (Å²) in [5.41, 5.74) is -0.549. The second-order valence-electron chi connectivity index (χ2n) is 6.41. The number of carbonyl (C=O) groups excluding carboxylic acids is 1. The summed E-state index contributed by atoms with van der Waals surface area (Å²) in [6.45, 7) is 0. The molecule has 0 aliphatic heterocycles. The van der Waals surface area contributed by atoms with E-state index in [4.69, 9.17) is 11.6 Å². The maximum absolute atomic E-state index is 13.0. The van der Waals surface area contributed by atoms with Gasteiger partial charge in [-0.1, -0.05) is 11.6 Å². The van der Waals surface area contributed by atoms with Crippen LogP contribution in [0.2, 0.25) is 4.34 Å². The molecule has 0 saturated carbocycles. The van der Waals surface area contributed by atoms with Gasteiger partial charge in [-0.15, -0.1) is 11.3 Å². The number of fused-ring (bicyclic) bond motifs is 1. The number of alkyl halides is 3. The van der Waals surface area contributed by atoms with Gasteiger partial charge in [0.1, 0.15) is 6.33 Å². The normalized spacial score (nSPS) is 11.5. The van der Waals surface area contributed by atoms with Gasteiger partial charge in [-0.25, -0.2) is 9.78 Å². The Morgan fingerprint density at radius 2 is 1.84 bits per heavy atom. The van der Waals surface area contributed by atoms with Crippen molar-refractivity contribution in [1.29, 1.82) is 0 Å². The first kappa shape index (κ1) is 22.2. The van der Waals surface area contributed by atoms with E-state index < -0.39 is 23.3 Å². The SMILES string of the molecule is O=C(NSc1ccc(Cl)s1)Nc1ccc(-n2cnc3ccc(C(F)(F)F)cc3c2=O)cc1. The molecule has 0 aliphatic rings. The number of carbonyl (C=O) groups is 1. The van der Waals surface area contributed by atoms with Crippen LogP contribution in [0, 0.1) is 0 Å². The molecule has 2 aromatic heterocycles. The summed E-state index contributed by atoms with van der Waals surface area (Å²) < 4.78 is 44.2. The van der Waals surface area contributed by atoms with E-state index in [-0.39, 0.29) is 10.9 Å². The van der Waals surface area contributed by atoms with E-state index in [1.54, 1.807) is 36.4 Å². The molecule has 32 heavy (non-hydrogen) atoms. The lowest BCUT2D eigenvalue weighted by Gasteiger charge is -2.10. The van der Waals surface area contributed by atoms with Gasteiger partial charge in [0.25, 0.3) is 5.56 Å². The number of amides is 2. The molecule has 4 rings (SSSR count). The van der Waals surface area contributed by atoms with Crippen LogP contribution in [-0.2, 0) is 6.18 Å². The Kier molecular flexibility index (Phi) is 6.13. The van der Waals surface area contributed by atoms with Crippen LogP contribution in [0.4, 0.5) is 23.7 Å². The number of anilines is 1. The third-order valence-corrected chi connectivity index (χ3v) is 6.43. The van der Waals surface area contributed by atoms with Gasteiger partial charge in [0.2, 0.25) is 0 Å². The molecule has 2 amide bonds. The highest BCUT2D eigenvalue weighted by molar-refractivity contribution is 7.99. The van der Waals surface area contributed by atoms with E-state index in [1.807, 2.05) is 0 Å². The highest BCUT2D eigenvalue weighted by atomic mass is 35.5. The molecule has 0 saturated heterocycles. The van der Waals surface area contributed by atoms with Gasteiger partial charge in [-0.05, 0) is 66.5 Å². The Morgan fingerprint density at radius 3 is 2.50 bits per heavy atom. The number of benzene rings is 2. The standard InChI is InChI=1S/C20H12ClF3N4O2S2/c21-16-7-8-17(31-16)32-27-19(30)26-12-2-4-13(5-3-12)28-10-25-15-6-1-11(20(22,23)24)9-14(15)18(28)29/h1-10H,(H2,26,27,30). The van der Waals surface area contributed by atoms with E-state index >= 15 is 0 Å². The number of nitrogens with zero attached hydrogens (tertiary/aromatic N) is 2. The molecule has 12 heteroatoms. The average molecular weight is 497 g/mol. The first-order valence-electron chi connectivity index (χ1n) is 8.89. The molecule has 0 fully saturated rings. The minimum absolute atomic E-state index is 0.144. The molecule has 4 aromatic rings. The molecule has 0 aliphatic carbocycles. The number of aromatic nitrogens is 2. The Labute approximate surface area is 192 Å². The third-order valence-electron chi connectivity index (χ3n) is 4.28. The smallest absolute Gasteiger partial charge is 0.307 e. The van der Waals surface area contributed by atoms with E-state index in [0.717, 1.165) is 38.9 Å². The van der Waals surface area contributed by atoms with Crippen LogP contribution >= 0.6 is 34.9 Å². The fourth-order valence-electron chi connectivity index (χ4n) is 2.79. The van der Waals surface area contributed by atoms with Crippen molar-refractivity contribution in [2.45, 2.75) is 10.4 Å². The van der Waals surface area contributed by atoms with Gasteiger partial charge in [0, 0.05) is 5.69 Å². The number of nitrogens with one attached hydrogen (secondary N) is 2. The Hall–Kier alpha value is -3.02. The van der Waals surface area contributed by atoms with Crippen molar-refractivity contribution in [1.82, 2.24) is 14.3 Å². The molecule has 2 heterocycles. The van der Waals surface area contributed by atoms with Gasteiger partial charge < -0.3 is 5.32 Å². The van der Waals surface area contributed by atoms with Crippen LogP contribution in [0.5, 0.6) is 0 Å². The highest BCUT2D eigenvalue weighted by Gasteiger charge is 2.30. The first-order chi connectivity index (χ1) is 15.2. The predicted octanol–water partition coefficient (Wildman–Crippen LogP) is 5.95. The summed E-state index contributed by atoms with van der Waals surface area (Å²) in [4.78, 5) is 28.9. The number of thiophene rings is 1. The second-order valence-corrected chi connectivity index (χ2v) is 9.23. The number of hydrogen-bond donors (Lipinski definition) is 2. The molecule has 6 nitrogen and oxygen atoms in total. The van der Waals surface area contributed by atoms with Crippen molar-refractivity contribution in [2.75, 3.05) is 5.32 Å². The van der Waals surface area contributed by atoms with Crippen molar-refractivity contribution in [3.8, 4) is 5.69 Å². The molecule has 0 spiro atoms. The highest BCUT2D eigenvalue weighted by Crippen LogP contribution is 2.30. The Balaban J connectivity index is 1.51. The van der Waals surface area contributed by atoms with Gasteiger partial charge in [0.05, 0.1) is 30.7 Å². The zero-order valence-corrected chi connectivity index (χ0v) is 18.2. The van der Waals surface area contributed by atoms with Crippen LogP contribution in [0.3, 0.4) is 0 Å². The second kappa shape index (κ2) is 8.85. The lowest BCUT2D eigenvalue weighted by Crippen LogP contribution is -2.22. The van der Waals surface area contributed by atoms with Crippen molar-refractivity contribution >= 4 is 57.5 Å². The summed E-state index contributed by atoms with van der Waals surface area (Å²) in [5.74, 6) is 0. The van der Waals surface area contributed by atoms with Gasteiger partial charge in [-0.2, -0.15) is 13.2 Å². The molecule has 2 N–H and O–H groups in total. The van der Waals surface area contributed by atoms with Crippen LogP contribution in [0.15, 0.2) is 69.9 Å². The summed E-state index contributed by atoms with van der Waals surface area (Å²) in [6.07, 6.45) is -3.32. The van der Waals surface area contributed by atoms with Crippen LogP contribution in [0.25, 0.3) is 16.6 Å². The molecule has 164 valence electrons. The number of halogens is 4. The van der Waals surface area contributed by atoms with Crippen molar-refractivity contribution < 1.29 is 18.0 Å². The summed E-state index contributed by atoms with van der Waals surface area (Å²) in [7, 11) is 0. The Bertz CT molecular complexity index is 1350. The average Bonchev–Trinajstić information content (AvgIpc) is 3.18. The lowest BCUT2D eigenvalue weighted by atomic mass is 10.1. The zero-order chi connectivity index (χ0) is 22.9. The molecular formula is C20H12ClF3N4O2S2. The molecule has 0 radical (unpaired) electrons. The minimum atomic E-state index is -4.57. The third kappa shape index (κ3) is 4.90. The fraction of sp³-hybridized carbons (Fsp3) is 0.0500. The predicted molar refractivity (Wildman–Crippen MR) is 120 cm³/mol. The molecule has 0 atom stereocenters.